The standard InChI is InChI=1S/C21H27N3O2/c1-23(15-17-7-9-20(26-2)10-8-17)21(25)22-12-14-24-13-11-18-5-3-4-6-19(18)16-24/h3-10H,11-16H2,1-2H3,(H,22,25). The molecule has 5 heteroatoms. The van der Waals surface area contributed by atoms with Crippen molar-refractivity contribution in [1.82, 2.24) is 15.1 Å². The number of hydrogen-bond donors (Lipinski definition) is 1. The Morgan fingerprint density at radius 1 is 1.15 bits per heavy atom. The first-order valence-corrected chi connectivity index (χ1v) is 9.07. The van der Waals surface area contributed by atoms with E-state index in [0.717, 1.165) is 37.4 Å². The van der Waals surface area contributed by atoms with E-state index in [2.05, 4.69) is 34.5 Å². The number of carbonyl (C=O) groups is 1. The molecule has 0 fully saturated rings. The highest BCUT2D eigenvalue weighted by molar-refractivity contribution is 5.73. The molecule has 3 rings (SSSR count). The predicted molar refractivity (Wildman–Crippen MR) is 103 cm³/mol. The molecule has 0 radical (unpaired) electrons. The fraction of sp³-hybridized carbons (Fsp3) is 0.381. The molecule has 5 nitrogen and oxygen atoms in total. The van der Waals surface area contributed by atoms with Gasteiger partial charge in [-0.25, -0.2) is 4.79 Å². The molecular formula is C21H27N3O2. The minimum absolute atomic E-state index is 0.0433. The van der Waals surface area contributed by atoms with Crippen LogP contribution >= 0.6 is 0 Å². The van der Waals surface area contributed by atoms with Crippen LogP contribution in [0, 0.1) is 0 Å². The number of hydrogen-bond acceptors (Lipinski definition) is 3. The first-order valence-electron chi connectivity index (χ1n) is 9.07. The lowest BCUT2D eigenvalue weighted by atomic mass is 10.00. The number of nitrogens with zero attached hydrogens (tertiary/aromatic N) is 2. The summed E-state index contributed by atoms with van der Waals surface area (Å²) in [5, 5.41) is 3.02. The second-order valence-corrected chi connectivity index (χ2v) is 6.73. The Balaban J connectivity index is 1.41. The third-order valence-electron chi connectivity index (χ3n) is 4.84. The van der Waals surface area contributed by atoms with Gasteiger partial charge in [0.2, 0.25) is 0 Å². The van der Waals surface area contributed by atoms with Crippen LogP contribution in [0.1, 0.15) is 16.7 Å². The Kier molecular flexibility index (Phi) is 6.12. The SMILES string of the molecule is COc1ccc(CN(C)C(=O)NCCN2CCc3ccccc3C2)cc1. The van der Waals surface area contributed by atoms with Crippen molar-refractivity contribution < 1.29 is 9.53 Å². The topological polar surface area (TPSA) is 44.8 Å². The highest BCUT2D eigenvalue weighted by Crippen LogP contribution is 2.17. The van der Waals surface area contributed by atoms with E-state index in [1.807, 2.05) is 31.3 Å². The Bertz CT molecular complexity index is 730. The van der Waals surface area contributed by atoms with E-state index in [4.69, 9.17) is 4.74 Å². The number of methoxy groups -OCH3 is 1. The van der Waals surface area contributed by atoms with Gasteiger partial charge in [-0.05, 0) is 35.2 Å². The van der Waals surface area contributed by atoms with Crippen LogP contribution in [-0.4, -0.2) is 49.6 Å². The van der Waals surface area contributed by atoms with E-state index in [-0.39, 0.29) is 6.03 Å². The molecule has 0 saturated carbocycles. The quantitative estimate of drug-likeness (QED) is 0.868. The van der Waals surface area contributed by atoms with Crippen molar-refractivity contribution in [2.75, 3.05) is 33.8 Å². The molecule has 1 aliphatic heterocycles. The molecule has 0 bridgehead atoms. The molecule has 2 aromatic carbocycles. The lowest BCUT2D eigenvalue weighted by molar-refractivity contribution is 0.201. The van der Waals surface area contributed by atoms with E-state index in [0.29, 0.717) is 13.1 Å². The number of urea groups is 1. The number of fused-ring (bicyclic) bond motifs is 1. The first-order chi connectivity index (χ1) is 12.7. The lowest BCUT2D eigenvalue weighted by Gasteiger charge is -2.29. The molecule has 2 amide bonds. The third kappa shape index (κ3) is 4.76. The maximum absolute atomic E-state index is 12.3. The number of benzene rings is 2. The highest BCUT2D eigenvalue weighted by atomic mass is 16.5. The van der Waals surface area contributed by atoms with E-state index >= 15 is 0 Å². The van der Waals surface area contributed by atoms with Crippen molar-refractivity contribution in [2.24, 2.45) is 0 Å². The third-order valence-corrected chi connectivity index (χ3v) is 4.84. The molecule has 2 aromatic rings. The Morgan fingerprint density at radius 3 is 2.62 bits per heavy atom. The maximum Gasteiger partial charge on any atom is 0.317 e. The van der Waals surface area contributed by atoms with Gasteiger partial charge in [0.15, 0.2) is 0 Å². The smallest absolute Gasteiger partial charge is 0.317 e. The minimum atomic E-state index is -0.0433. The van der Waals surface area contributed by atoms with Crippen LogP contribution in [0.2, 0.25) is 0 Å². The zero-order chi connectivity index (χ0) is 18.4. The molecule has 26 heavy (non-hydrogen) atoms. The van der Waals surface area contributed by atoms with Crippen molar-refractivity contribution in [1.29, 1.82) is 0 Å². The van der Waals surface area contributed by atoms with Crippen molar-refractivity contribution >= 4 is 6.03 Å². The number of rotatable bonds is 6. The molecule has 138 valence electrons. The fourth-order valence-electron chi connectivity index (χ4n) is 3.28. The molecule has 0 aliphatic carbocycles. The van der Waals surface area contributed by atoms with Gasteiger partial charge in [-0.2, -0.15) is 0 Å². The van der Waals surface area contributed by atoms with Crippen molar-refractivity contribution in [3.63, 3.8) is 0 Å². The van der Waals surface area contributed by atoms with Crippen LogP contribution in [0.25, 0.3) is 0 Å². The van der Waals surface area contributed by atoms with Crippen LogP contribution in [-0.2, 0) is 19.5 Å². The van der Waals surface area contributed by atoms with Gasteiger partial charge in [-0.3, -0.25) is 4.90 Å². The van der Waals surface area contributed by atoms with Crippen LogP contribution in [0.5, 0.6) is 5.75 Å². The summed E-state index contributed by atoms with van der Waals surface area (Å²) in [6, 6.07) is 16.3. The van der Waals surface area contributed by atoms with Gasteiger partial charge in [0.25, 0.3) is 0 Å². The highest BCUT2D eigenvalue weighted by Gasteiger charge is 2.16. The molecule has 1 aliphatic rings. The zero-order valence-corrected chi connectivity index (χ0v) is 15.6. The van der Waals surface area contributed by atoms with Gasteiger partial charge < -0.3 is 15.0 Å². The van der Waals surface area contributed by atoms with Crippen LogP contribution in [0.3, 0.4) is 0 Å². The monoisotopic (exact) mass is 353 g/mol. The van der Waals surface area contributed by atoms with Gasteiger partial charge >= 0.3 is 6.03 Å². The maximum atomic E-state index is 12.3. The summed E-state index contributed by atoms with van der Waals surface area (Å²) in [6.07, 6.45) is 1.08. The van der Waals surface area contributed by atoms with Gasteiger partial charge in [-0.1, -0.05) is 36.4 Å². The van der Waals surface area contributed by atoms with E-state index in [1.54, 1.807) is 12.0 Å². The molecule has 1 heterocycles. The molecule has 0 atom stereocenters. The van der Waals surface area contributed by atoms with Gasteiger partial charge in [-0.15, -0.1) is 0 Å². The van der Waals surface area contributed by atoms with Gasteiger partial charge in [0.05, 0.1) is 7.11 Å². The van der Waals surface area contributed by atoms with Gasteiger partial charge in [0, 0.05) is 39.8 Å². The summed E-state index contributed by atoms with van der Waals surface area (Å²) in [7, 11) is 3.46. The minimum Gasteiger partial charge on any atom is -0.497 e. The second-order valence-electron chi connectivity index (χ2n) is 6.73. The summed E-state index contributed by atoms with van der Waals surface area (Å²) < 4.78 is 5.16. The number of ether oxygens (including phenoxy) is 1. The Labute approximate surface area is 155 Å². The zero-order valence-electron chi connectivity index (χ0n) is 15.6. The summed E-state index contributed by atoms with van der Waals surface area (Å²) in [6.45, 7) is 4.12. The van der Waals surface area contributed by atoms with Crippen molar-refractivity contribution in [2.45, 2.75) is 19.5 Å². The van der Waals surface area contributed by atoms with Crippen LogP contribution in [0.15, 0.2) is 48.5 Å². The van der Waals surface area contributed by atoms with Gasteiger partial charge in [0.1, 0.15) is 5.75 Å². The Hall–Kier alpha value is -2.53. The molecule has 0 saturated heterocycles. The van der Waals surface area contributed by atoms with Crippen LogP contribution in [0.4, 0.5) is 4.79 Å². The summed E-state index contributed by atoms with van der Waals surface area (Å²) >= 11 is 0. The summed E-state index contributed by atoms with van der Waals surface area (Å²) in [4.78, 5) is 16.4. The number of amides is 2. The van der Waals surface area contributed by atoms with Crippen molar-refractivity contribution in [3.05, 3.63) is 65.2 Å². The normalized spacial score (nSPS) is 13.8. The van der Waals surface area contributed by atoms with E-state index in [9.17, 15) is 4.79 Å². The second kappa shape index (κ2) is 8.72. The summed E-state index contributed by atoms with van der Waals surface area (Å²) in [5.41, 5.74) is 3.93. The van der Waals surface area contributed by atoms with E-state index < -0.39 is 0 Å². The summed E-state index contributed by atoms with van der Waals surface area (Å²) in [5.74, 6) is 0.823. The van der Waals surface area contributed by atoms with E-state index in [1.165, 1.54) is 11.1 Å². The number of carbonyl (C=O) groups excluding carboxylic acids is 1. The lowest BCUT2D eigenvalue weighted by Crippen LogP contribution is -2.42. The number of nitrogens with one attached hydrogen (secondary N) is 1. The van der Waals surface area contributed by atoms with Crippen LogP contribution < -0.4 is 10.1 Å². The molecular weight excluding hydrogens is 326 g/mol. The average Bonchev–Trinajstić information content (AvgIpc) is 2.68. The molecule has 0 spiro atoms. The molecule has 1 N–H and O–H groups in total. The predicted octanol–water partition coefficient (Wildman–Crippen LogP) is 2.89. The largest absolute Gasteiger partial charge is 0.497 e. The first kappa shape index (κ1) is 18.3. The fourth-order valence-corrected chi connectivity index (χ4v) is 3.28. The molecule has 0 aromatic heterocycles. The van der Waals surface area contributed by atoms with Crippen molar-refractivity contribution in [3.8, 4) is 5.75 Å². The molecule has 0 unspecified atom stereocenters. The Morgan fingerprint density at radius 2 is 1.88 bits per heavy atom. The average molecular weight is 353 g/mol.